The third-order valence-corrected chi connectivity index (χ3v) is 3.05. The number of nitrogens with one attached hydrogen (secondary N) is 1. The van der Waals surface area contributed by atoms with Gasteiger partial charge in [0.15, 0.2) is 0 Å². The topological polar surface area (TPSA) is 42.2 Å². The number of allylic oxidation sites excluding steroid dienone is 3. The lowest BCUT2D eigenvalue weighted by Crippen LogP contribution is -2.24. The summed E-state index contributed by atoms with van der Waals surface area (Å²) in [5, 5.41) is 2.90. The Morgan fingerprint density at radius 3 is 2.62 bits per heavy atom. The van der Waals surface area contributed by atoms with Gasteiger partial charge in [0.25, 0.3) is 5.91 Å². The van der Waals surface area contributed by atoms with Crippen LogP contribution in [0.1, 0.15) is 24.2 Å². The number of carbonyl (C=O) groups is 1. The highest BCUT2D eigenvalue weighted by molar-refractivity contribution is 5.94. The van der Waals surface area contributed by atoms with Gasteiger partial charge in [0, 0.05) is 17.7 Å². The highest BCUT2D eigenvalue weighted by Gasteiger charge is 2.06. The molecule has 0 fully saturated rings. The number of carbonyl (C=O) groups excluding carboxylic acids is 1. The highest BCUT2D eigenvalue weighted by atomic mass is 16.3. The molecule has 0 aliphatic carbocycles. The van der Waals surface area contributed by atoms with Crippen molar-refractivity contribution < 1.29 is 9.21 Å². The number of furan rings is 1. The van der Waals surface area contributed by atoms with Crippen LogP contribution in [0.4, 0.5) is 0 Å². The molecule has 0 aliphatic rings. The van der Waals surface area contributed by atoms with Crippen molar-refractivity contribution in [1.82, 2.24) is 5.32 Å². The molecule has 0 unspecified atom stereocenters. The molecule has 1 N–H and O–H groups in total. The van der Waals surface area contributed by atoms with Gasteiger partial charge in [-0.25, -0.2) is 0 Å². The largest absolute Gasteiger partial charge is 0.464 e. The van der Waals surface area contributed by atoms with Gasteiger partial charge in [-0.15, -0.1) is 0 Å². The number of benzene rings is 1. The summed E-state index contributed by atoms with van der Waals surface area (Å²) in [6, 6.07) is 11.1. The maximum absolute atomic E-state index is 12.0. The summed E-state index contributed by atoms with van der Waals surface area (Å²) in [5.74, 6) is 0.723. The first-order chi connectivity index (χ1) is 10.2. The Labute approximate surface area is 125 Å². The Kier molecular flexibility index (Phi) is 5.16. The SMILES string of the molecule is CC=CC=C(C)CNC(=O)c1ccc(-c2ccco2)cc1. The molecule has 1 heterocycles. The van der Waals surface area contributed by atoms with E-state index in [4.69, 9.17) is 4.42 Å². The molecule has 1 amide bonds. The van der Waals surface area contributed by atoms with Gasteiger partial charge in [0.2, 0.25) is 0 Å². The van der Waals surface area contributed by atoms with E-state index in [9.17, 15) is 4.79 Å². The fraction of sp³-hybridized carbons (Fsp3) is 0.167. The van der Waals surface area contributed by atoms with Crippen LogP contribution >= 0.6 is 0 Å². The van der Waals surface area contributed by atoms with Crippen LogP contribution < -0.4 is 5.32 Å². The van der Waals surface area contributed by atoms with Crippen molar-refractivity contribution in [2.75, 3.05) is 6.54 Å². The van der Waals surface area contributed by atoms with Gasteiger partial charge in [0.1, 0.15) is 5.76 Å². The zero-order chi connectivity index (χ0) is 15.1. The lowest BCUT2D eigenvalue weighted by molar-refractivity contribution is 0.0957. The summed E-state index contributed by atoms with van der Waals surface area (Å²) in [6.45, 7) is 4.49. The van der Waals surface area contributed by atoms with Crippen LogP contribution in [0.15, 0.2) is 70.9 Å². The van der Waals surface area contributed by atoms with Crippen molar-refractivity contribution in [3.05, 3.63) is 72.0 Å². The average molecular weight is 281 g/mol. The molecule has 108 valence electrons. The second-order valence-electron chi connectivity index (χ2n) is 4.78. The van der Waals surface area contributed by atoms with Crippen LogP contribution in [-0.4, -0.2) is 12.5 Å². The Morgan fingerprint density at radius 2 is 2.00 bits per heavy atom. The Hall–Kier alpha value is -2.55. The van der Waals surface area contributed by atoms with E-state index in [1.807, 2.05) is 56.3 Å². The molecular formula is C18H19NO2. The van der Waals surface area contributed by atoms with Crippen LogP contribution in [0.2, 0.25) is 0 Å². The predicted molar refractivity (Wildman–Crippen MR) is 85.0 cm³/mol. The monoisotopic (exact) mass is 281 g/mol. The van der Waals surface area contributed by atoms with Crippen LogP contribution in [-0.2, 0) is 0 Å². The first-order valence-corrected chi connectivity index (χ1v) is 6.91. The minimum absolute atomic E-state index is 0.0748. The molecule has 3 heteroatoms. The summed E-state index contributed by atoms with van der Waals surface area (Å²) >= 11 is 0. The minimum Gasteiger partial charge on any atom is -0.464 e. The average Bonchev–Trinajstić information content (AvgIpc) is 3.05. The van der Waals surface area contributed by atoms with Crippen molar-refractivity contribution in [3.8, 4) is 11.3 Å². The number of hydrogen-bond acceptors (Lipinski definition) is 2. The van der Waals surface area contributed by atoms with E-state index >= 15 is 0 Å². The van der Waals surface area contributed by atoms with Gasteiger partial charge in [-0.3, -0.25) is 4.79 Å². The normalized spacial score (nSPS) is 11.8. The van der Waals surface area contributed by atoms with E-state index < -0.39 is 0 Å². The van der Waals surface area contributed by atoms with E-state index in [-0.39, 0.29) is 5.91 Å². The molecule has 0 aliphatic heterocycles. The van der Waals surface area contributed by atoms with Crippen molar-refractivity contribution in [3.63, 3.8) is 0 Å². The number of hydrogen-bond donors (Lipinski definition) is 1. The standard InChI is InChI=1S/C18H19NO2/c1-3-4-6-14(2)13-19-18(20)16-10-8-15(9-11-16)17-7-5-12-21-17/h3-12H,13H2,1-2H3,(H,19,20). The van der Waals surface area contributed by atoms with Crippen molar-refractivity contribution in [2.45, 2.75) is 13.8 Å². The molecular weight excluding hydrogens is 262 g/mol. The molecule has 21 heavy (non-hydrogen) atoms. The first-order valence-electron chi connectivity index (χ1n) is 6.91. The molecule has 1 aromatic carbocycles. The summed E-state index contributed by atoms with van der Waals surface area (Å²) in [6.07, 6.45) is 7.54. The van der Waals surface area contributed by atoms with Crippen LogP contribution in [0.3, 0.4) is 0 Å². The van der Waals surface area contributed by atoms with Gasteiger partial charge in [-0.05, 0) is 38.1 Å². The summed E-state index contributed by atoms with van der Waals surface area (Å²) in [5.41, 5.74) is 2.71. The third-order valence-electron chi connectivity index (χ3n) is 3.05. The molecule has 0 spiro atoms. The lowest BCUT2D eigenvalue weighted by atomic mass is 10.1. The minimum atomic E-state index is -0.0748. The third kappa shape index (κ3) is 4.21. The van der Waals surface area contributed by atoms with Gasteiger partial charge in [-0.2, -0.15) is 0 Å². The van der Waals surface area contributed by atoms with Gasteiger partial charge in [0.05, 0.1) is 6.26 Å². The van der Waals surface area contributed by atoms with Crippen LogP contribution in [0.25, 0.3) is 11.3 Å². The van der Waals surface area contributed by atoms with Gasteiger partial charge < -0.3 is 9.73 Å². The van der Waals surface area contributed by atoms with E-state index in [2.05, 4.69) is 5.32 Å². The maximum Gasteiger partial charge on any atom is 0.251 e. The Balaban J connectivity index is 1.97. The molecule has 0 radical (unpaired) electrons. The first kappa shape index (κ1) is 14.9. The second-order valence-corrected chi connectivity index (χ2v) is 4.78. The smallest absolute Gasteiger partial charge is 0.251 e. The summed E-state index contributed by atoms with van der Waals surface area (Å²) < 4.78 is 5.32. The Bertz CT molecular complexity index is 634. The van der Waals surface area contributed by atoms with Crippen molar-refractivity contribution in [2.24, 2.45) is 0 Å². The van der Waals surface area contributed by atoms with E-state index in [1.165, 1.54) is 0 Å². The van der Waals surface area contributed by atoms with E-state index in [0.29, 0.717) is 12.1 Å². The predicted octanol–water partition coefficient (Wildman–Crippen LogP) is 4.20. The molecule has 1 aromatic heterocycles. The molecule has 2 aromatic rings. The fourth-order valence-corrected chi connectivity index (χ4v) is 1.87. The van der Waals surface area contributed by atoms with Crippen LogP contribution in [0, 0.1) is 0 Å². The zero-order valence-corrected chi connectivity index (χ0v) is 12.3. The quantitative estimate of drug-likeness (QED) is 0.835. The van der Waals surface area contributed by atoms with Crippen molar-refractivity contribution in [1.29, 1.82) is 0 Å². The van der Waals surface area contributed by atoms with Crippen LogP contribution in [0.5, 0.6) is 0 Å². The molecule has 0 bridgehead atoms. The summed E-state index contributed by atoms with van der Waals surface area (Å²) in [4.78, 5) is 12.0. The maximum atomic E-state index is 12.0. The molecule has 2 rings (SSSR count). The van der Waals surface area contributed by atoms with Gasteiger partial charge in [-0.1, -0.05) is 35.9 Å². The van der Waals surface area contributed by atoms with E-state index in [0.717, 1.165) is 16.9 Å². The number of amides is 1. The zero-order valence-electron chi connectivity index (χ0n) is 12.3. The van der Waals surface area contributed by atoms with Crippen molar-refractivity contribution >= 4 is 5.91 Å². The molecule has 0 saturated carbocycles. The van der Waals surface area contributed by atoms with Gasteiger partial charge >= 0.3 is 0 Å². The fourth-order valence-electron chi connectivity index (χ4n) is 1.87. The number of rotatable bonds is 5. The highest BCUT2D eigenvalue weighted by Crippen LogP contribution is 2.19. The molecule has 0 saturated heterocycles. The second kappa shape index (κ2) is 7.29. The molecule has 0 atom stereocenters. The molecule has 3 nitrogen and oxygen atoms in total. The lowest BCUT2D eigenvalue weighted by Gasteiger charge is -2.06. The Morgan fingerprint density at radius 1 is 1.24 bits per heavy atom. The van der Waals surface area contributed by atoms with E-state index in [1.54, 1.807) is 18.4 Å². The summed E-state index contributed by atoms with van der Waals surface area (Å²) in [7, 11) is 0.